The Kier molecular flexibility index (Phi) is 5.82. The lowest BCUT2D eigenvalue weighted by Crippen LogP contribution is -2.33. The van der Waals surface area contributed by atoms with Gasteiger partial charge in [0, 0.05) is 24.3 Å². The van der Waals surface area contributed by atoms with Gasteiger partial charge in [0.2, 0.25) is 10.0 Å². The van der Waals surface area contributed by atoms with E-state index < -0.39 is 21.7 Å². The van der Waals surface area contributed by atoms with E-state index in [4.69, 9.17) is 11.6 Å². The van der Waals surface area contributed by atoms with Gasteiger partial charge < -0.3 is 5.32 Å². The first-order valence-corrected chi connectivity index (χ1v) is 9.29. The Morgan fingerprint density at radius 1 is 1.20 bits per heavy atom. The summed E-state index contributed by atoms with van der Waals surface area (Å²) in [6.07, 6.45) is 0. The number of nitrogens with zero attached hydrogens (tertiary/aromatic N) is 1. The lowest BCUT2D eigenvalue weighted by molar-refractivity contribution is 0.102. The molecule has 0 bridgehead atoms. The molecule has 0 heterocycles. The number of amides is 1. The summed E-state index contributed by atoms with van der Waals surface area (Å²) in [6.45, 7) is 3.51. The zero-order chi connectivity index (χ0) is 18.8. The highest BCUT2D eigenvalue weighted by Gasteiger charge is 2.24. The van der Waals surface area contributed by atoms with Crippen LogP contribution in [0.4, 0.5) is 10.1 Å². The Morgan fingerprint density at radius 2 is 1.88 bits per heavy atom. The van der Waals surface area contributed by atoms with E-state index >= 15 is 0 Å². The van der Waals surface area contributed by atoms with Crippen molar-refractivity contribution in [2.45, 2.75) is 24.8 Å². The van der Waals surface area contributed by atoms with Crippen molar-refractivity contribution < 1.29 is 17.6 Å². The third-order valence-electron chi connectivity index (χ3n) is 3.68. The molecule has 2 aromatic carbocycles. The fraction of sp³-hybridized carbons (Fsp3) is 0.235. The molecule has 0 aliphatic rings. The second-order valence-electron chi connectivity index (χ2n) is 5.73. The summed E-state index contributed by atoms with van der Waals surface area (Å²) in [6, 6.07) is 9.32. The van der Waals surface area contributed by atoms with Crippen molar-refractivity contribution >= 4 is 33.2 Å². The maximum absolute atomic E-state index is 13.4. The molecule has 5 nitrogen and oxygen atoms in total. The molecule has 0 saturated heterocycles. The molecule has 8 heteroatoms. The van der Waals surface area contributed by atoms with Crippen molar-refractivity contribution in [3.63, 3.8) is 0 Å². The number of nitrogens with one attached hydrogen (secondary N) is 1. The van der Waals surface area contributed by atoms with Gasteiger partial charge in [-0.2, -0.15) is 4.31 Å². The van der Waals surface area contributed by atoms with Crippen LogP contribution in [0.2, 0.25) is 5.02 Å². The van der Waals surface area contributed by atoms with E-state index in [1.54, 1.807) is 13.8 Å². The molecule has 0 aliphatic heterocycles. The summed E-state index contributed by atoms with van der Waals surface area (Å²) >= 11 is 5.60. The molecule has 0 unspecified atom stereocenters. The minimum atomic E-state index is -3.70. The SMILES string of the molecule is CC(C)N(C)S(=O)(=O)c1cccc(C(=O)Nc2ccc(Cl)c(F)c2)c1. The standard InChI is InChI=1S/C17H18ClFN2O3S/c1-11(2)21(3)25(23,24)14-6-4-5-12(9-14)17(22)20-13-7-8-15(18)16(19)10-13/h4-11H,1-3H3,(H,20,22). The Morgan fingerprint density at radius 3 is 2.48 bits per heavy atom. The molecule has 134 valence electrons. The zero-order valence-electron chi connectivity index (χ0n) is 14.0. The number of anilines is 1. The molecule has 0 aliphatic carbocycles. The predicted octanol–water partition coefficient (Wildman–Crippen LogP) is 3.76. The van der Waals surface area contributed by atoms with Crippen LogP contribution in [-0.2, 0) is 10.0 Å². The van der Waals surface area contributed by atoms with Crippen molar-refractivity contribution in [2.75, 3.05) is 12.4 Å². The van der Waals surface area contributed by atoms with Gasteiger partial charge in [-0.3, -0.25) is 4.79 Å². The highest BCUT2D eigenvalue weighted by Crippen LogP contribution is 2.21. The number of sulfonamides is 1. The predicted molar refractivity (Wildman–Crippen MR) is 95.9 cm³/mol. The van der Waals surface area contributed by atoms with Crippen LogP contribution in [0.1, 0.15) is 24.2 Å². The molecule has 0 fully saturated rings. The van der Waals surface area contributed by atoms with E-state index in [1.165, 1.54) is 47.8 Å². The van der Waals surface area contributed by atoms with Crippen LogP contribution < -0.4 is 5.32 Å². The van der Waals surface area contributed by atoms with Crippen LogP contribution >= 0.6 is 11.6 Å². The quantitative estimate of drug-likeness (QED) is 0.853. The molecule has 0 atom stereocenters. The van der Waals surface area contributed by atoms with Crippen LogP contribution in [0.25, 0.3) is 0 Å². The van der Waals surface area contributed by atoms with Crippen molar-refractivity contribution in [3.05, 3.63) is 58.9 Å². The first-order chi connectivity index (χ1) is 11.6. The van der Waals surface area contributed by atoms with Crippen molar-refractivity contribution in [3.8, 4) is 0 Å². The second-order valence-corrected chi connectivity index (χ2v) is 8.13. The molecule has 2 rings (SSSR count). The van der Waals surface area contributed by atoms with E-state index in [-0.39, 0.29) is 27.2 Å². The van der Waals surface area contributed by atoms with Crippen LogP contribution in [0.15, 0.2) is 47.4 Å². The minimum Gasteiger partial charge on any atom is -0.322 e. The Labute approximate surface area is 151 Å². The maximum atomic E-state index is 13.4. The van der Waals surface area contributed by atoms with E-state index in [2.05, 4.69) is 5.32 Å². The van der Waals surface area contributed by atoms with Gasteiger partial charge in [0.05, 0.1) is 9.92 Å². The smallest absolute Gasteiger partial charge is 0.255 e. The fourth-order valence-corrected chi connectivity index (χ4v) is 3.55. The third-order valence-corrected chi connectivity index (χ3v) is 6.01. The molecule has 0 spiro atoms. The molecule has 0 radical (unpaired) electrons. The number of halogens is 2. The van der Waals surface area contributed by atoms with Gasteiger partial charge in [0.25, 0.3) is 5.91 Å². The second kappa shape index (κ2) is 7.51. The van der Waals surface area contributed by atoms with Crippen molar-refractivity contribution in [2.24, 2.45) is 0 Å². The van der Waals surface area contributed by atoms with Gasteiger partial charge in [0.15, 0.2) is 0 Å². The largest absolute Gasteiger partial charge is 0.322 e. The van der Waals surface area contributed by atoms with Gasteiger partial charge >= 0.3 is 0 Å². The van der Waals surface area contributed by atoms with Crippen molar-refractivity contribution in [1.82, 2.24) is 4.31 Å². The Hall–Kier alpha value is -1.96. The third kappa shape index (κ3) is 4.36. The average molecular weight is 385 g/mol. The van der Waals surface area contributed by atoms with Gasteiger partial charge in [0.1, 0.15) is 5.82 Å². The van der Waals surface area contributed by atoms with Crippen LogP contribution in [-0.4, -0.2) is 31.7 Å². The maximum Gasteiger partial charge on any atom is 0.255 e. The molecule has 25 heavy (non-hydrogen) atoms. The Balaban J connectivity index is 2.29. The zero-order valence-corrected chi connectivity index (χ0v) is 15.5. The van der Waals surface area contributed by atoms with Gasteiger partial charge in [-0.1, -0.05) is 17.7 Å². The summed E-state index contributed by atoms with van der Waals surface area (Å²) in [5.74, 6) is -1.21. The van der Waals surface area contributed by atoms with Crippen LogP contribution in [0.5, 0.6) is 0 Å². The Bertz CT molecular complexity index is 901. The molecule has 1 N–H and O–H groups in total. The number of carbonyl (C=O) groups is 1. The molecule has 1 amide bonds. The first-order valence-electron chi connectivity index (χ1n) is 7.47. The minimum absolute atomic E-state index is 0.0126. The molecule has 2 aromatic rings. The van der Waals surface area contributed by atoms with Gasteiger partial charge in [-0.15, -0.1) is 0 Å². The lowest BCUT2D eigenvalue weighted by atomic mass is 10.2. The number of hydrogen-bond acceptors (Lipinski definition) is 3. The monoisotopic (exact) mass is 384 g/mol. The van der Waals surface area contributed by atoms with E-state index in [1.807, 2.05) is 0 Å². The average Bonchev–Trinajstić information content (AvgIpc) is 2.57. The summed E-state index contributed by atoms with van der Waals surface area (Å²) in [7, 11) is -2.23. The normalized spacial score (nSPS) is 11.8. The molecule has 0 saturated carbocycles. The highest BCUT2D eigenvalue weighted by atomic mass is 35.5. The van der Waals surface area contributed by atoms with Gasteiger partial charge in [-0.25, -0.2) is 12.8 Å². The number of hydrogen-bond donors (Lipinski definition) is 1. The van der Waals surface area contributed by atoms with E-state index in [0.717, 1.165) is 6.07 Å². The van der Waals surface area contributed by atoms with Gasteiger partial charge in [-0.05, 0) is 50.2 Å². The van der Waals surface area contributed by atoms with Crippen molar-refractivity contribution in [1.29, 1.82) is 0 Å². The first kappa shape index (κ1) is 19.4. The topological polar surface area (TPSA) is 66.5 Å². The lowest BCUT2D eigenvalue weighted by Gasteiger charge is -2.21. The fourth-order valence-electron chi connectivity index (χ4n) is 2.02. The highest BCUT2D eigenvalue weighted by molar-refractivity contribution is 7.89. The summed E-state index contributed by atoms with van der Waals surface area (Å²) in [5, 5.41) is 2.46. The summed E-state index contributed by atoms with van der Waals surface area (Å²) in [5.41, 5.74) is 0.369. The molecular formula is C17H18ClFN2O3S. The summed E-state index contributed by atoms with van der Waals surface area (Å²) in [4.78, 5) is 12.3. The number of carbonyl (C=O) groups excluding carboxylic acids is 1. The van der Waals surface area contributed by atoms with Crippen LogP contribution in [0, 0.1) is 5.82 Å². The number of benzene rings is 2. The van der Waals surface area contributed by atoms with E-state index in [9.17, 15) is 17.6 Å². The van der Waals surface area contributed by atoms with Crippen LogP contribution in [0.3, 0.4) is 0 Å². The number of rotatable bonds is 5. The summed E-state index contributed by atoms with van der Waals surface area (Å²) < 4.78 is 39.7. The molecular weight excluding hydrogens is 367 g/mol. The molecule has 0 aromatic heterocycles. The van der Waals surface area contributed by atoms with E-state index in [0.29, 0.717) is 0 Å².